The van der Waals surface area contributed by atoms with Crippen LogP contribution in [0.2, 0.25) is 0 Å². The number of benzene rings is 2. The summed E-state index contributed by atoms with van der Waals surface area (Å²) in [6.07, 6.45) is 1.48. The van der Waals surface area contributed by atoms with Crippen LogP contribution in [-0.4, -0.2) is 50.0 Å². The molecule has 0 bridgehead atoms. The molecular formula is C25H35N3O4S. The number of amides is 2. The van der Waals surface area contributed by atoms with Crippen LogP contribution in [0.15, 0.2) is 48.5 Å². The molecule has 0 spiro atoms. The summed E-state index contributed by atoms with van der Waals surface area (Å²) in [7, 11) is -3.73. The third-order valence-electron chi connectivity index (χ3n) is 5.25. The second-order valence-electron chi connectivity index (χ2n) is 8.70. The predicted molar refractivity (Wildman–Crippen MR) is 132 cm³/mol. The van der Waals surface area contributed by atoms with Gasteiger partial charge in [0.1, 0.15) is 12.6 Å². The van der Waals surface area contributed by atoms with Crippen molar-refractivity contribution in [1.82, 2.24) is 10.2 Å². The van der Waals surface area contributed by atoms with Gasteiger partial charge in [-0.25, -0.2) is 8.42 Å². The van der Waals surface area contributed by atoms with Crippen LogP contribution in [0.25, 0.3) is 0 Å². The van der Waals surface area contributed by atoms with Crippen LogP contribution in [0.4, 0.5) is 5.69 Å². The fourth-order valence-corrected chi connectivity index (χ4v) is 4.48. The molecule has 0 aliphatic rings. The maximum Gasteiger partial charge on any atom is 0.244 e. The van der Waals surface area contributed by atoms with Crippen LogP contribution in [-0.2, 0) is 26.2 Å². The van der Waals surface area contributed by atoms with E-state index < -0.39 is 22.0 Å². The Bertz CT molecular complexity index is 1070. The van der Waals surface area contributed by atoms with Gasteiger partial charge in [0, 0.05) is 12.6 Å². The largest absolute Gasteiger partial charge is 0.352 e. The summed E-state index contributed by atoms with van der Waals surface area (Å²) in [6, 6.07) is 13.9. The van der Waals surface area contributed by atoms with Gasteiger partial charge in [0.15, 0.2) is 0 Å². The van der Waals surface area contributed by atoms with E-state index in [4.69, 9.17) is 0 Å². The molecule has 33 heavy (non-hydrogen) atoms. The molecule has 1 atom stereocenters. The molecule has 0 heterocycles. The fraction of sp³-hybridized carbons (Fsp3) is 0.440. The molecule has 8 heteroatoms. The Balaban J connectivity index is 2.43. The van der Waals surface area contributed by atoms with E-state index >= 15 is 0 Å². The summed E-state index contributed by atoms with van der Waals surface area (Å²) in [6.45, 7) is 9.24. The third-order valence-corrected chi connectivity index (χ3v) is 6.39. The Morgan fingerprint density at radius 1 is 1.00 bits per heavy atom. The minimum atomic E-state index is -3.73. The Morgan fingerprint density at radius 2 is 1.64 bits per heavy atom. The smallest absolute Gasteiger partial charge is 0.244 e. The minimum Gasteiger partial charge on any atom is -0.352 e. The van der Waals surface area contributed by atoms with Crippen molar-refractivity contribution in [3.05, 3.63) is 65.2 Å². The number of hydrogen-bond donors (Lipinski definition) is 1. The highest BCUT2D eigenvalue weighted by Crippen LogP contribution is 2.20. The number of aryl methyl sites for hydroxylation is 2. The number of nitrogens with one attached hydrogen (secondary N) is 1. The van der Waals surface area contributed by atoms with E-state index in [9.17, 15) is 18.0 Å². The lowest BCUT2D eigenvalue weighted by Gasteiger charge is -2.33. The Kier molecular flexibility index (Phi) is 9.05. The molecule has 0 fully saturated rings. The number of nitrogens with zero attached hydrogens (tertiary/aromatic N) is 2. The number of carbonyl (C=O) groups excluding carboxylic acids is 2. The molecule has 7 nitrogen and oxygen atoms in total. The van der Waals surface area contributed by atoms with Crippen molar-refractivity contribution in [2.24, 2.45) is 0 Å². The molecule has 0 aromatic heterocycles. The van der Waals surface area contributed by atoms with Crippen molar-refractivity contribution < 1.29 is 18.0 Å². The standard InChI is InChI=1S/C25H35N3O4S/c1-7-23(25(30)26-18(2)3)27(16-21-10-8-9-20(5)15-21)24(29)17-28(33(6,31)32)22-13-11-19(4)12-14-22/h8-15,18,23H,7,16-17H2,1-6H3,(H,26,30)/t23-/m0/s1. The molecule has 1 N–H and O–H groups in total. The van der Waals surface area contributed by atoms with Crippen LogP contribution >= 0.6 is 0 Å². The summed E-state index contributed by atoms with van der Waals surface area (Å²) >= 11 is 0. The third kappa shape index (κ3) is 7.60. The molecule has 0 aliphatic carbocycles. The van der Waals surface area contributed by atoms with Gasteiger partial charge >= 0.3 is 0 Å². The molecule has 180 valence electrons. The maximum atomic E-state index is 13.6. The van der Waals surface area contributed by atoms with Crippen molar-refractivity contribution in [2.75, 3.05) is 17.1 Å². The van der Waals surface area contributed by atoms with Gasteiger partial charge in [-0.2, -0.15) is 0 Å². The lowest BCUT2D eigenvalue weighted by atomic mass is 10.1. The number of sulfonamides is 1. The highest BCUT2D eigenvalue weighted by molar-refractivity contribution is 7.92. The molecule has 2 amide bonds. The highest BCUT2D eigenvalue weighted by atomic mass is 32.2. The van der Waals surface area contributed by atoms with Crippen molar-refractivity contribution in [3.8, 4) is 0 Å². The summed E-state index contributed by atoms with van der Waals surface area (Å²) in [5.74, 6) is -0.692. The molecule has 0 saturated carbocycles. The van der Waals surface area contributed by atoms with Crippen molar-refractivity contribution >= 4 is 27.5 Å². The van der Waals surface area contributed by atoms with Gasteiger partial charge in [0.05, 0.1) is 11.9 Å². The lowest BCUT2D eigenvalue weighted by molar-refractivity contribution is -0.140. The SMILES string of the molecule is CC[C@@H](C(=O)NC(C)C)N(Cc1cccc(C)c1)C(=O)CN(c1ccc(C)cc1)S(C)(=O)=O. The van der Waals surface area contributed by atoms with Crippen molar-refractivity contribution in [2.45, 2.75) is 59.7 Å². The van der Waals surface area contributed by atoms with Crippen molar-refractivity contribution in [3.63, 3.8) is 0 Å². The van der Waals surface area contributed by atoms with Gasteiger partial charge < -0.3 is 10.2 Å². The Morgan fingerprint density at radius 3 is 2.15 bits per heavy atom. The summed E-state index contributed by atoms with van der Waals surface area (Å²) in [5.41, 5.74) is 3.31. The first kappa shape index (κ1) is 26.4. The molecule has 0 saturated heterocycles. The van der Waals surface area contributed by atoms with E-state index in [1.54, 1.807) is 24.3 Å². The molecular weight excluding hydrogens is 438 g/mol. The van der Waals surface area contributed by atoms with Gasteiger partial charge in [0.2, 0.25) is 21.8 Å². The highest BCUT2D eigenvalue weighted by Gasteiger charge is 2.31. The molecule has 2 aromatic carbocycles. The molecule has 0 aliphatic heterocycles. The lowest BCUT2D eigenvalue weighted by Crippen LogP contribution is -2.53. The average Bonchev–Trinajstić information content (AvgIpc) is 2.71. The number of rotatable bonds is 10. The van der Waals surface area contributed by atoms with Crippen molar-refractivity contribution in [1.29, 1.82) is 0 Å². The fourth-order valence-electron chi connectivity index (χ4n) is 3.63. The maximum absolute atomic E-state index is 13.6. The van der Waals surface area contributed by atoms with E-state index in [1.807, 2.05) is 58.9 Å². The average molecular weight is 474 g/mol. The van der Waals surface area contributed by atoms with E-state index in [-0.39, 0.29) is 25.0 Å². The van der Waals surface area contributed by atoms with Crippen LogP contribution in [0.1, 0.15) is 43.9 Å². The first-order valence-corrected chi connectivity index (χ1v) is 13.0. The van der Waals surface area contributed by atoms with Crippen LogP contribution in [0, 0.1) is 13.8 Å². The first-order valence-electron chi connectivity index (χ1n) is 11.1. The van der Waals surface area contributed by atoms with E-state index in [2.05, 4.69) is 5.32 Å². The predicted octanol–water partition coefficient (Wildman–Crippen LogP) is 3.40. The van der Waals surface area contributed by atoms with Crippen LogP contribution in [0.5, 0.6) is 0 Å². The quantitative estimate of drug-likeness (QED) is 0.573. The second kappa shape index (κ2) is 11.3. The van der Waals surface area contributed by atoms with Gasteiger partial charge in [0.25, 0.3) is 0 Å². The van der Waals surface area contributed by atoms with Gasteiger partial charge in [-0.05, 0) is 51.8 Å². The number of anilines is 1. The molecule has 0 unspecified atom stereocenters. The Labute approximate surface area is 197 Å². The van der Waals surface area contributed by atoms with E-state index in [0.717, 1.165) is 27.3 Å². The first-order chi connectivity index (χ1) is 15.4. The topological polar surface area (TPSA) is 86.8 Å². The minimum absolute atomic E-state index is 0.0810. The van der Waals surface area contributed by atoms with E-state index in [0.29, 0.717) is 12.1 Å². The molecule has 0 radical (unpaired) electrons. The zero-order valence-electron chi connectivity index (χ0n) is 20.3. The van der Waals surface area contributed by atoms with Gasteiger partial charge in [-0.15, -0.1) is 0 Å². The van der Waals surface area contributed by atoms with E-state index in [1.165, 1.54) is 4.90 Å². The monoisotopic (exact) mass is 473 g/mol. The summed E-state index contributed by atoms with van der Waals surface area (Å²) in [5, 5.41) is 2.88. The number of carbonyl (C=O) groups is 2. The zero-order chi connectivity index (χ0) is 24.8. The Hall–Kier alpha value is -2.87. The summed E-state index contributed by atoms with van der Waals surface area (Å²) < 4.78 is 26.2. The molecule has 2 rings (SSSR count). The van der Waals surface area contributed by atoms with Crippen LogP contribution in [0.3, 0.4) is 0 Å². The normalized spacial score (nSPS) is 12.3. The van der Waals surface area contributed by atoms with Gasteiger partial charge in [-0.1, -0.05) is 54.4 Å². The van der Waals surface area contributed by atoms with Crippen LogP contribution < -0.4 is 9.62 Å². The summed E-state index contributed by atoms with van der Waals surface area (Å²) in [4.78, 5) is 28.0. The second-order valence-corrected chi connectivity index (χ2v) is 10.6. The van der Waals surface area contributed by atoms with Gasteiger partial charge in [-0.3, -0.25) is 13.9 Å². The molecule has 2 aromatic rings. The zero-order valence-corrected chi connectivity index (χ0v) is 21.1. The number of hydrogen-bond acceptors (Lipinski definition) is 4.